The van der Waals surface area contributed by atoms with E-state index in [0.717, 1.165) is 90.4 Å². The predicted octanol–water partition coefficient (Wildman–Crippen LogP) is 6.48. The van der Waals surface area contributed by atoms with Gasteiger partial charge in [0.15, 0.2) is 0 Å². The van der Waals surface area contributed by atoms with Gasteiger partial charge in [0.1, 0.15) is 11.5 Å². The molecule has 0 amide bonds. The van der Waals surface area contributed by atoms with Crippen LogP contribution in [0.2, 0.25) is 0 Å². The van der Waals surface area contributed by atoms with Gasteiger partial charge in [-0.15, -0.1) is 10.2 Å². The molecule has 2 N–H and O–H groups in total. The smallest absolute Gasteiger partial charge is 0.492 e. The van der Waals surface area contributed by atoms with Crippen LogP contribution in [-0.2, 0) is 17.1 Å². The van der Waals surface area contributed by atoms with Gasteiger partial charge in [-0.1, -0.05) is 31.5 Å². The second-order valence-corrected chi connectivity index (χ2v) is 10.2. The van der Waals surface area contributed by atoms with Gasteiger partial charge in [-0.2, -0.15) is 0 Å². The summed E-state index contributed by atoms with van der Waals surface area (Å²) in [7, 11) is 0. The van der Waals surface area contributed by atoms with E-state index in [9.17, 15) is 5.11 Å². The molecule has 0 spiro atoms. The van der Waals surface area contributed by atoms with Gasteiger partial charge in [0, 0.05) is 78.1 Å². The molecule has 0 aromatic heterocycles. The van der Waals surface area contributed by atoms with Gasteiger partial charge in [-0.05, 0) is 81.9 Å². The van der Waals surface area contributed by atoms with E-state index in [0.29, 0.717) is 5.22 Å². The zero-order valence-electron chi connectivity index (χ0n) is 25.1. The maximum atomic E-state index is 11.1. The molecule has 1 aliphatic rings. The summed E-state index contributed by atoms with van der Waals surface area (Å²) in [6.07, 6.45) is 2.04. The van der Waals surface area contributed by atoms with Crippen molar-refractivity contribution in [3.05, 3.63) is 82.2 Å². The number of nitrogens with zero attached hydrogens (tertiary/aromatic N) is 4. The SMILES string of the molecule is CCCCNC(=S)/N=N\C(O)=c1\ccccc1=C1c2ccc(N(CC)CC)cc2Oc2cc(N(CC)CC)ccc21.[Cu+2]. The Morgan fingerprint density at radius 1 is 0.810 bits per heavy atom. The first-order valence-corrected chi connectivity index (χ1v) is 15.0. The quantitative estimate of drug-likeness (QED) is 0.0901. The Bertz CT molecular complexity index is 1470. The standard InChI is InChI=1S/C33H41N5O2S.Cu/c1-6-11-20-34-33(41)36-35-32(39)26-15-13-12-14-25(26)31-27-18-16-23(37(7-2)8-3)21-29(27)40-30-22-24(17-19-28(30)31)38(9-4)10-5;/h12-19,21-22,39H,6-11,20H2,1-5H3,(H,34,41);/q;+2/b32-26+,36-35-;. The Morgan fingerprint density at radius 2 is 1.36 bits per heavy atom. The molecule has 1 radical (unpaired) electrons. The third-order valence-electron chi connectivity index (χ3n) is 7.43. The molecular weight excluding hydrogens is 594 g/mol. The van der Waals surface area contributed by atoms with Crippen LogP contribution >= 0.6 is 12.2 Å². The Kier molecular flexibility index (Phi) is 12.4. The van der Waals surface area contributed by atoms with E-state index in [2.05, 4.69) is 96.4 Å². The molecule has 0 bridgehead atoms. The van der Waals surface area contributed by atoms with E-state index < -0.39 is 0 Å². The number of thiocarbonyl (C=S) groups is 1. The number of azo groups is 1. The van der Waals surface area contributed by atoms with Crippen molar-refractivity contribution in [1.29, 1.82) is 0 Å². The van der Waals surface area contributed by atoms with Crippen LogP contribution in [0.4, 0.5) is 11.4 Å². The van der Waals surface area contributed by atoms with Crippen LogP contribution in [0.1, 0.15) is 58.6 Å². The van der Waals surface area contributed by atoms with Crippen LogP contribution in [0.15, 0.2) is 70.9 Å². The van der Waals surface area contributed by atoms with Crippen LogP contribution in [-0.4, -0.2) is 42.9 Å². The van der Waals surface area contributed by atoms with Crippen molar-refractivity contribution in [1.82, 2.24) is 5.32 Å². The Labute approximate surface area is 265 Å². The van der Waals surface area contributed by atoms with Crippen LogP contribution in [0.3, 0.4) is 0 Å². The Hall–Kier alpha value is -3.39. The number of hydrogen-bond donors (Lipinski definition) is 2. The van der Waals surface area contributed by atoms with E-state index in [-0.39, 0.29) is 28.1 Å². The summed E-state index contributed by atoms with van der Waals surface area (Å²) in [5.41, 5.74) is 5.10. The van der Waals surface area contributed by atoms with E-state index in [4.69, 9.17) is 17.0 Å². The fourth-order valence-electron chi connectivity index (χ4n) is 5.18. The summed E-state index contributed by atoms with van der Waals surface area (Å²) in [6, 6.07) is 20.4. The minimum absolute atomic E-state index is 0. The molecule has 7 nitrogen and oxygen atoms in total. The topological polar surface area (TPSA) is 72.7 Å². The van der Waals surface area contributed by atoms with Crippen LogP contribution in [0.25, 0.3) is 11.5 Å². The molecule has 0 saturated heterocycles. The number of unbranched alkanes of at least 4 members (excludes halogenated alkanes) is 1. The number of rotatable bonds is 10. The first-order valence-electron chi connectivity index (χ1n) is 14.6. The van der Waals surface area contributed by atoms with Crippen molar-refractivity contribution < 1.29 is 26.9 Å². The van der Waals surface area contributed by atoms with Gasteiger partial charge in [0.05, 0.1) is 0 Å². The normalized spacial score (nSPS) is 12.5. The molecule has 3 aromatic carbocycles. The van der Waals surface area contributed by atoms with Crippen molar-refractivity contribution in [3.8, 4) is 11.5 Å². The number of fused-ring (bicyclic) bond motifs is 2. The maximum absolute atomic E-state index is 11.1. The fraction of sp³-hybridized carbons (Fsp3) is 0.364. The second-order valence-electron chi connectivity index (χ2n) is 9.84. The minimum Gasteiger partial charge on any atom is -0.492 e. The molecule has 42 heavy (non-hydrogen) atoms. The molecule has 0 fully saturated rings. The molecule has 0 atom stereocenters. The number of aliphatic hydroxyl groups is 1. The molecule has 0 unspecified atom stereocenters. The first-order chi connectivity index (χ1) is 19.9. The van der Waals surface area contributed by atoms with Gasteiger partial charge in [0.25, 0.3) is 0 Å². The number of benzene rings is 3. The van der Waals surface area contributed by atoms with Gasteiger partial charge < -0.3 is 25.0 Å². The third-order valence-corrected chi connectivity index (χ3v) is 7.65. The average Bonchev–Trinajstić information content (AvgIpc) is 3.00. The zero-order valence-corrected chi connectivity index (χ0v) is 26.8. The number of ether oxygens (including phenoxy) is 1. The van der Waals surface area contributed by atoms with Gasteiger partial charge in [-0.3, -0.25) is 0 Å². The van der Waals surface area contributed by atoms with Crippen molar-refractivity contribution in [2.45, 2.75) is 47.5 Å². The molecule has 1 aliphatic heterocycles. The summed E-state index contributed by atoms with van der Waals surface area (Å²) >= 11 is 5.28. The molecule has 0 saturated carbocycles. The van der Waals surface area contributed by atoms with E-state index in [1.165, 1.54) is 0 Å². The summed E-state index contributed by atoms with van der Waals surface area (Å²) in [4.78, 5) is 4.60. The van der Waals surface area contributed by atoms with Gasteiger partial charge in [-0.25, -0.2) is 0 Å². The van der Waals surface area contributed by atoms with E-state index >= 15 is 0 Å². The maximum Gasteiger partial charge on any atom is 2.00 e. The van der Waals surface area contributed by atoms with Gasteiger partial charge in [0.2, 0.25) is 11.0 Å². The molecule has 225 valence electrons. The molecule has 0 aliphatic carbocycles. The summed E-state index contributed by atoms with van der Waals surface area (Å²) in [5, 5.41) is 24.0. The van der Waals surface area contributed by atoms with Crippen molar-refractivity contribution in [2.24, 2.45) is 10.2 Å². The summed E-state index contributed by atoms with van der Waals surface area (Å²) in [5.74, 6) is 1.37. The van der Waals surface area contributed by atoms with Crippen LogP contribution in [0.5, 0.6) is 11.5 Å². The van der Waals surface area contributed by atoms with Crippen LogP contribution < -0.4 is 30.3 Å². The molecule has 9 heteroatoms. The Balaban J connectivity index is 0.00000484. The minimum atomic E-state index is -0.193. The van der Waals surface area contributed by atoms with Crippen molar-refractivity contribution in [3.63, 3.8) is 0 Å². The first kappa shape index (κ1) is 33.1. The van der Waals surface area contributed by atoms with E-state index in [1.54, 1.807) is 0 Å². The molecule has 3 aromatic rings. The number of hydrogen-bond acceptors (Lipinski definition) is 6. The largest absolute Gasteiger partial charge is 2.00 e. The van der Waals surface area contributed by atoms with Crippen molar-refractivity contribution >= 4 is 40.2 Å². The summed E-state index contributed by atoms with van der Waals surface area (Å²) in [6.45, 7) is 15.1. The second kappa shape index (κ2) is 15.7. The predicted molar refractivity (Wildman–Crippen MR) is 174 cm³/mol. The third kappa shape index (κ3) is 7.32. The molecule has 4 rings (SSSR count). The van der Waals surface area contributed by atoms with Gasteiger partial charge >= 0.3 is 17.1 Å². The van der Waals surface area contributed by atoms with E-state index in [1.807, 2.05) is 24.3 Å². The molecule has 1 heterocycles. The number of nitrogens with one attached hydrogen (secondary N) is 1. The Morgan fingerprint density at radius 3 is 1.88 bits per heavy atom. The summed E-state index contributed by atoms with van der Waals surface area (Å²) < 4.78 is 6.60. The average molecular weight is 635 g/mol. The fourth-order valence-corrected chi connectivity index (χ4v) is 5.32. The van der Waals surface area contributed by atoms with Crippen molar-refractivity contribution in [2.75, 3.05) is 42.5 Å². The number of aliphatic hydroxyl groups excluding tert-OH is 1. The zero-order chi connectivity index (χ0) is 29.4. The van der Waals surface area contributed by atoms with Crippen LogP contribution in [0, 0.1) is 0 Å². The number of anilines is 2. The molecular formula is C33H41CuN5O2S+2. The monoisotopic (exact) mass is 634 g/mol.